The quantitative estimate of drug-likeness (QED) is 0.834. The fraction of sp³-hybridized carbons (Fsp3) is 0.700. The average molecular weight is 213 g/mol. The van der Waals surface area contributed by atoms with Gasteiger partial charge in [0.25, 0.3) is 0 Å². The summed E-state index contributed by atoms with van der Waals surface area (Å²) in [5.74, 6) is 4.53. The minimum absolute atomic E-state index is 0.0605. The largest absolute Gasteiger partial charge is 0.445 e. The molecular weight excluding hydrogens is 198 g/mol. The van der Waals surface area contributed by atoms with Crippen molar-refractivity contribution in [3.8, 4) is 0 Å². The van der Waals surface area contributed by atoms with E-state index in [1.165, 1.54) is 5.75 Å². The van der Waals surface area contributed by atoms with Crippen LogP contribution in [0.4, 0.5) is 0 Å². The third-order valence-corrected chi connectivity index (χ3v) is 3.74. The minimum Gasteiger partial charge on any atom is -0.445 e. The van der Waals surface area contributed by atoms with E-state index in [4.69, 9.17) is 9.52 Å². The molecule has 1 aromatic heterocycles. The van der Waals surface area contributed by atoms with Crippen LogP contribution in [0.2, 0.25) is 0 Å². The van der Waals surface area contributed by atoms with Crippen LogP contribution in [-0.2, 0) is 0 Å². The standard InChI is InChI=1S/C10H15NO2S/c1-7(5-12)9-4-11-10(13-9)8-2-3-14-6-8/h4,7-8,12H,2-3,5-6H2,1H3. The molecule has 4 heteroatoms. The molecule has 3 nitrogen and oxygen atoms in total. The molecule has 0 saturated carbocycles. The fourth-order valence-electron chi connectivity index (χ4n) is 1.54. The van der Waals surface area contributed by atoms with Gasteiger partial charge in [-0.05, 0) is 12.2 Å². The van der Waals surface area contributed by atoms with Gasteiger partial charge in [0.1, 0.15) is 5.76 Å². The lowest BCUT2D eigenvalue weighted by Gasteiger charge is -2.03. The Kier molecular flexibility index (Phi) is 3.13. The molecule has 0 radical (unpaired) electrons. The lowest BCUT2D eigenvalue weighted by atomic mass is 10.1. The molecule has 1 aliphatic rings. The zero-order chi connectivity index (χ0) is 9.97. The molecule has 2 atom stereocenters. The Morgan fingerprint density at radius 1 is 1.79 bits per heavy atom. The number of rotatable bonds is 3. The second kappa shape index (κ2) is 4.36. The van der Waals surface area contributed by atoms with Crippen LogP contribution in [-0.4, -0.2) is 28.2 Å². The summed E-state index contributed by atoms with van der Waals surface area (Å²) in [6, 6.07) is 0. The Morgan fingerprint density at radius 3 is 3.29 bits per heavy atom. The van der Waals surface area contributed by atoms with E-state index in [9.17, 15) is 0 Å². The van der Waals surface area contributed by atoms with E-state index >= 15 is 0 Å². The van der Waals surface area contributed by atoms with Crippen LogP contribution >= 0.6 is 11.8 Å². The highest BCUT2D eigenvalue weighted by Gasteiger charge is 2.23. The summed E-state index contributed by atoms with van der Waals surface area (Å²) in [6.07, 6.45) is 2.91. The highest BCUT2D eigenvalue weighted by Crippen LogP contribution is 2.32. The van der Waals surface area contributed by atoms with Crippen molar-refractivity contribution in [2.24, 2.45) is 0 Å². The molecule has 0 spiro atoms. The molecule has 2 unspecified atom stereocenters. The van der Waals surface area contributed by atoms with E-state index in [2.05, 4.69) is 4.98 Å². The Bertz CT molecular complexity index is 294. The van der Waals surface area contributed by atoms with Gasteiger partial charge in [-0.25, -0.2) is 4.98 Å². The van der Waals surface area contributed by atoms with Gasteiger partial charge in [0, 0.05) is 17.6 Å². The topological polar surface area (TPSA) is 46.3 Å². The molecule has 78 valence electrons. The number of aliphatic hydroxyl groups is 1. The SMILES string of the molecule is CC(CO)c1cnc(C2CCSC2)o1. The first kappa shape index (κ1) is 10.1. The molecule has 0 bridgehead atoms. The van der Waals surface area contributed by atoms with E-state index in [0.717, 1.165) is 23.8 Å². The van der Waals surface area contributed by atoms with Gasteiger partial charge in [-0.3, -0.25) is 0 Å². The van der Waals surface area contributed by atoms with Gasteiger partial charge >= 0.3 is 0 Å². The first-order valence-corrected chi connectivity index (χ1v) is 6.11. The van der Waals surface area contributed by atoms with Gasteiger partial charge < -0.3 is 9.52 Å². The number of hydrogen-bond acceptors (Lipinski definition) is 4. The predicted octanol–water partition coefficient (Wildman–Crippen LogP) is 1.99. The van der Waals surface area contributed by atoms with Gasteiger partial charge in [-0.2, -0.15) is 11.8 Å². The smallest absolute Gasteiger partial charge is 0.198 e. The maximum absolute atomic E-state index is 8.97. The van der Waals surface area contributed by atoms with Gasteiger partial charge in [-0.1, -0.05) is 6.92 Å². The molecule has 2 rings (SSSR count). The minimum atomic E-state index is 0.0605. The van der Waals surface area contributed by atoms with Crippen molar-refractivity contribution in [2.75, 3.05) is 18.1 Å². The molecule has 1 N–H and O–H groups in total. The van der Waals surface area contributed by atoms with Crippen LogP contribution in [0.15, 0.2) is 10.6 Å². The van der Waals surface area contributed by atoms with Gasteiger partial charge in [0.2, 0.25) is 0 Å². The van der Waals surface area contributed by atoms with E-state index in [1.807, 2.05) is 18.7 Å². The Hall–Kier alpha value is -0.480. The first-order chi connectivity index (χ1) is 6.81. The highest BCUT2D eigenvalue weighted by atomic mass is 32.2. The van der Waals surface area contributed by atoms with E-state index in [1.54, 1.807) is 6.20 Å². The molecule has 0 aromatic carbocycles. The fourth-order valence-corrected chi connectivity index (χ4v) is 2.75. The number of oxazole rings is 1. The number of thioether (sulfide) groups is 1. The van der Waals surface area contributed by atoms with Crippen LogP contribution in [0.5, 0.6) is 0 Å². The zero-order valence-electron chi connectivity index (χ0n) is 8.27. The number of aliphatic hydroxyl groups excluding tert-OH is 1. The summed E-state index contributed by atoms with van der Waals surface area (Å²) in [5, 5.41) is 8.97. The van der Waals surface area contributed by atoms with Crippen molar-refractivity contribution in [2.45, 2.75) is 25.2 Å². The third-order valence-electron chi connectivity index (χ3n) is 2.58. The van der Waals surface area contributed by atoms with Crippen molar-refractivity contribution in [3.63, 3.8) is 0 Å². The second-order valence-corrected chi connectivity index (χ2v) is 4.89. The van der Waals surface area contributed by atoms with Crippen molar-refractivity contribution >= 4 is 11.8 Å². The van der Waals surface area contributed by atoms with E-state index in [0.29, 0.717) is 5.92 Å². The van der Waals surface area contributed by atoms with Crippen LogP contribution < -0.4 is 0 Å². The normalized spacial score (nSPS) is 24.0. The van der Waals surface area contributed by atoms with Crippen molar-refractivity contribution < 1.29 is 9.52 Å². The summed E-state index contributed by atoms with van der Waals surface area (Å²) < 4.78 is 5.64. The Morgan fingerprint density at radius 2 is 2.64 bits per heavy atom. The summed E-state index contributed by atoms with van der Waals surface area (Å²) in [7, 11) is 0. The molecular formula is C10H15NO2S. The molecule has 1 aromatic rings. The Labute approximate surface area is 87.9 Å². The first-order valence-electron chi connectivity index (χ1n) is 4.95. The van der Waals surface area contributed by atoms with Gasteiger partial charge in [0.05, 0.1) is 12.8 Å². The van der Waals surface area contributed by atoms with Gasteiger partial charge in [-0.15, -0.1) is 0 Å². The third kappa shape index (κ3) is 1.96. The summed E-state index contributed by atoms with van der Waals surface area (Å²) in [5.41, 5.74) is 0. The lowest BCUT2D eigenvalue weighted by Crippen LogP contribution is -1.97. The van der Waals surface area contributed by atoms with E-state index in [-0.39, 0.29) is 12.5 Å². The van der Waals surface area contributed by atoms with Crippen LogP contribution in [0.1, 0.15) is 36.8 Å². The Balaban J connectivity index is 2.08. The summed E-state index contributed by atoms with van der Waals surface area (Å²) in [4.78, 5) is 4.28. The monoisotopic (exact) mass is 213 g/mol. The second-order valence-electron chi connectivity index (χ2n) is 3.75. The van der Waals surface area contributed by atoms with Crippen molar-refractivity contribution in [1.29, 1.82) is 0 Å². The number of aromatic nitrogens is 1. The van der Waals surface area contributed by atoms with Crippen LogP contribution in [0.25, 0.3) is 0 Å². The molecule has 0 aliphatic carbocycles. The van der Waals surface area contributed by atoms with Crippen molar-refractivity contribution in [3.05, 3.63) is 17.8 Å². The van der Waals surface area contributed by atoms with E-state index < -0.39 is 0 Å². The summed E-state index contributed by atoms with van der Waals surface area (Å²) >= 11 is 1.95. The number of hydrogen-bond donors (Lipinski definition) is 1. The average Bonchev–Trinajstić information content (AvgIpc) is 2.86. The molecule has 2 heterocycles. The molecule has 1 aliphatic heterocycles. The molecule has 14 heavy (non-hydrogen) atoms. The van der Waals surface area contributed by atoms with Gasteiger partial charge in [0.15, 0.2) is 5.89 Å². The maximum Gasteiger partial charge on any atom is 0.198 e. The lowest BCUT2D eigenvalue weighted by molar-refractivity contribution is 0.254. The maximum atomic E-state index is 8.97. The van der Waals surface area contributed by atoms with Crippen molar-refractivity contribution in [1.82, 2.24) is 4.98 Å². The highest BCUT2D eigenvalue weighted by molar-refractivity contribution is 7.99. The zero-order valence-corrected chi connectivity index (χ0v) is 9.09. The molecule has 1 saturated heterocycles. The summed E-state index contributed by atoms with van der Waals surface area (Å²) in [6.45, 7) is 2.06. The number of nitrogens with zero attached hydrogens (tertiary/aromatic N) is 1. The predicted molar refractivity (Wildman–Crippen MR) is 56.7 cm³/mol. The molecule has 1 fully saturated rings. The van der Waals surface area contributed by atoms with Crippen LogP contribution in [0, 0.1) is 0 Å². The molecule has 0 amide bonds. The van der Waals surface area contributed by atoms with Crippen LogP contribution in [0.3, 0.4) is 0 Å².